The molecular formula is C27H51NO5. The van der Waals surface area contributed by atoms with Gasteiger partial charge in [-0.05, 0) is 40.5 Å². The molecule has 0 amide bonds. The summed E-state index contributed by atoms with van der Waals surface area (Å²) >= 11 is 0. The van der Waals surface area contributed by atoms with Crippen LogP contribution in [0.1, 0.15) is 119 Å². The van der Waals surface area contributed by atoms with Gasteiger partial charge < -0.3 is 14.2 Å². The van der Waals surface area contributed by atoms with E-state index in [9.17, 15) is 4.79 Å². The van der Waals surface area contributed by atoms with Crippen LogP contribution in [0.3, 0.4) is 0 Å². The molecule has 194 valence electrons. The summed E-state index contributed by atoms with van der Waals surface area (Å²) in [6.45, 7) is 15.9. The summed E-state index contributed by atoms with van der Waals surface area (Å²) in [7, 11) is 0. The molecule has 2 aliphatic rings. The zero-order chi connectivity index (χ0) is 24.4. The van der Waals surface area contributed by atoms with Crippen molar-refractivity contribution >= 4 is 6.47 Å². The lowest BCUT2D eigenvalue weighted by Gasteiger charge is -2.59. The number of rotatable bonds is 15. The quantitative estimate of drug-likeness (QED) is 0.204. The maximum absolute atomic E-state index is 10.7. The highest BCUT2D eigenvalue weighted by Gasteiger charge is 2.57. The van der Waals surface area contributed by atoms with Crippen LogP contribution in [0.2, 0.25) is 0 Å². The van der Waals surface area contributed by atoms with Gasteiger partial charge in [0, 0.05) is 23.9 Å². The third-order valence-electron chi connectivity index (χ3n) is 7.46. The van der Waals surface area contributed by atoms with Crippen LogP contribution in [0.5, 0.6) is 0 Å². The second-order valence-electron chi connectivity index (χ2n) is 11.7. The van der Waals surface area contributed by atoms with Crippen LogP contribution in [0.25, 0.3) is 0 Å². The van der Waals surface area contributed by atoms with Crippen molar-refractivity contribution in [3.05, 3.63) is 0 Å². The first-order valence-electron chi connectivity index (χ1n) is 13.4. The van der Waals surface area contributed by atoms with Crippen molar-refractivity contribution in [3.63, 3.8) is 0 Å². The van der Waals surface area contributed by atoms with E-state index >= 15 is 0 Å². The Hall–Kier alpha value is -0.690. The first-order valence-corrected chi connectivity index (χ1v) is 13.4. The van der Waals surface area contributed by atoms with Gasteiger partial charge in [0.2, 0.25) is 0 Å². The monoisotopic (exact) mass is 469 g/mol. The molecule has 2 fully saturated rings. The minimum atomic E-state index is -0.621. The van der Waals surface area contributed by atoms with Crippen LogP contribution in [0.4, 0.5) is 0 Å². The molecule has 0 aromatic carbocycles. The van der Waals surface area contributed by atoms with Gasteiger partial charge in [-0.15, -0.1) is 0 Å². The van der Waals surface area contributed by atoms with Crippen molar-refractivity contribution < 1.29 is 23.8 Å². The number of hydrogen-bond donors (Lipinski definition) is 0. The summed E-state index contributed by atoms with van der Waals surface area (Å²) in [6, 6.07) is 0. The molecule has 0 aromatic rings. The lowest BCUT2D eigenvalue weighted by Crippen LogP contribution is -2.68. The number of unbranched alkanes of at least 4 members (excludes halogenated alkanes) is 8. The molecule has 0 atom stereocenters. The number of carbonyl (C=O) groups is 1. The normalized spacial score (nSPS) is 23.5. The van der Waals surface area contributed by atoms with Gasteiger partial charge in [-0.2, -0.15) is 5.06 Å². The van der Waals surface area contributed by atoms with Crippen molar-refractivity contribution in [3.8, 4) is 0 Å². The fraction of sp³-hybridized carbons (Fsp3) is 0.963. The lowest BCUT2D eigenvalue weighted by atomic mass is 9.76. The smallest absolute Gasteiger partial charge is 0.293 e. The number of piperidine rings is 1. The van der Waals surface area contributed by atoms with Crippen LogP contribution in [-0.4, -0.2) is 54.8 Å². The van der Waals surface area contributed by atoms with Gasteiger partial charge in [-0.25, -0.2) is 0 Å². The number of nitrogens with zero attached hydrogens (tertiary/aromatic N) is 1. The van der Waals surface area contributed by atoms with Crippen LogP contribution < -0.4 is 0 Å². The highest BCUT2D eigenvalue weighted by atomic mass is 16.7. The van der Waals surface area contributed by atoms with Gasteiger partial charge in [-0.3, -0.25) is 9.63 Å². The molecule has 0 bridgehead atoms. The van der Waals surface area contributed by atoms with E-state index in [-0.39, 0.29) is 16.5 Å². The predicted octanol–water partition coefficient (Wildman–Crippen LogP) is 6.41. The summed E-state index contributed by atoms with van der Waals surface area (Å²) in [5.74, 6) is -0.621. The van der Waals surface area contributed by atoms with Crippen molar-refractivity contribution in [2.24, 2.45) is 5.41 Å². The molecule has 2 rings (SSSR count). The zero-order valence-electron chi connectivity index (χ0n) is 22.4. The van der Waals surface area contributed by atoms with E-state index in [0.717, 1.165) is 32.3 Å². The Bertz CT molecular complexity index is 549. The molecule has 6 heteroatoms. The van der Waals surface area contributed by atoms with Crippen molar-refractivity contribution in [2.45, 2.75) is 135 Å². The molecule has 0 unspecified atom stereocenters. The SMILES string of the molecule is CCCCCCCCCCCON1C(C)(C)CC2(CC1(C)C)OCC(CC)(COC=O)CO2. The molecule has 2 heterocycles. The van der Waals surface area contributed by atoms with Gasteiger partial charge in [0.15, 0.2) is 5.79 Å². The van der Waals surface area contributed by atoms with Gasteiger partial charge in [0.05, 0.1) is 25.2 Å². The van der Waals surface area contributed by atoms with Crippen molar-refractivity contribution in [1.82, 2.24) is 5.06 Å². The minimum Gasteiger partial charge on any atom is -0.467 e. The van der Waals surface area contributed by atoms with Crippen LogP contribution in [-0.2, 0) is 23.8 Å². The first-order chi connectivity index (χ1) is 15.6. The minimum absolute atomic E-state index is 0.216. The Morgan fingerprint density at radius 3 is 1.82 bits per heavy atom. The molecule has 2 saturated heterocycles. The third-order valence-corrected chi connectivity index (χ3v) is 7.46. The van der Waals surface area contributed by atoms with E-state index in [1.807, 2.05) is 0 Å². The summed E-state index contributed by atoms with van der Waals surface area (Å²) in [5, 5.41) is 2.19. The number of ether oxygens (including phenoxy) is 3. The van der Waals surface area contributed by atoms with E-state index in [2.05, 4.69) is 46.6 Å². The van der Waals surface area contributed by atoms with Crippen molar-refractivity contribution in [1.29, 1.82) is 0 Å². The van der Waals surface area contributed by atoms with Crippen LogP contribution >= 0.6 is 0 Å². The number of hydrogen-bond acceptors (Lipinski definition) is 6. The summed E-state index contributed by atoms with van der Waals surface area (Å²) in [6.07, 6.45) is 14.2. The van der Waals surface area contributed by atoms with Crippen LogP contribution in [0.15, 0.2) is 0 Å². The molecule has 0 saturated carbocycles. The molecule has 1 spiro atoms. The highest BCUT2D eigenvalue weighted by molar-refractivity contribution is 5.37. The molecule has 33 heavy (non-hydrogen) atoms. The van der Waals surface area contributed by atoms with E-state index < -0.39 is 5.79 Å². The zero-order valence-corrected chi connectivity index (χ0v) is 22.4. The summed E-state index contributed by atoms with van der Waals surface area (Å²) in [5.41, 5.74) is -0.691. The number of hydroxylamine groups is 2. The average molecular weight is 470 g/mol. The maximum Gasteiger partial charge on any atom is 0.293 e. The fourth-order valence-electron chi connectivity index (χ4n) is 5.72. The molecule has 0 N–H and O–H groups in total. The fourth-order valence-corrected chi connectivity index (χ4v) is 5.72. The van der Waals surface area contributed by atoms with Gasteiger partial charge in [0.1, 0.15) is 6.61 Å². The molecule has 6 nitrogen and oxygen atoms in total. The molecular weight excluding hydrogens is 418 g/mol. The molecule has 0 radical (unpaired) electrons. The van der Waals surface area contributed by atoms with Gasteiger partial charge in [0.25, 0.3) is 6.47 Å². The Kier molecular flexibility index (Phi) is 11.1. The largest absolute Gasteiger partial charge is 0.467 e. The molecule has 0 aliphatic carbocycles. The third kappa shape index (κ3) is 8.19. The van der Waals surface area contributed by atoms with E-state index in [0.29, 0.717) is 26.3 Å². The number of carbonyl (C=O) groups excluding carboxylic acids is 1. The summed E-state index contributed by atoms with van der Waals surface area (Å²) < 4.78 is 17.9. The predicted molar refractivity (Wildman–Crippen MR) is 132 cm³/mol. The molecule has 2 aliphatic heterocycles. The lowest BCUT2D eigenvalue weighted by molar-refractivity contribution is -0.384. The van der Waals surface area contributed by atoms with Crippen molar-refractivity contribution in [2.75, 3.05) is 26.4 Å². The van der Waals surface area contributed by atoms with Gasteiger partial charge in [-0.1, -0.05) is 65.2 Å². The maximum atomic E-state index is 10.7. The first kappa shape index (κ1) is 28.5. The Balaban J connectivity index is 1.81. The Morgan fingerprint density at radius 2 is 1.33 bits per heavy atom. The summed E-state index contributed by atoms with van der Waals surface area (Å²) in [4.78, 5) is 17.1. The van der Waals surface area contributed by atoms with Crippen LogP contribution in [0, 0.1) is 5.41 Å². The standard InChI is InChI=1S/C27H51NO5/c1-7-9-10-11-12-13-14-15-16-17-33-28-24(3,4)18-27(19-25(28,5)6)31-21-26(8-2,22-32-27)20-30-23-29/h23H,7-22H2,1-6H3. The van der Waals surface area contributed by atoms with Gasteiger partial charge >= 0.3 is 0 Å². The topological polar surface area (TPSA) is 57.2 Å². The Morgan fingerprint density at radius 1 is 0.818 bits per heavy atom. The van der Waals surface area contributed by atoms with E-state index in [1.54, 1.807) is 0 Å². The molecule has 0 aromatic heterocycles. The van der Waals surface area contributed by atoms with E-state index in [4.69, 9.17) is 19.0 Å². The Labute approximate surface area is 203 Å². The second kappa shape index (κ2) is 12.9. The van der Waals surface area contributed by atoms with E-state index in [1.165, 1.54) is 51.4 Å². The average Bonchev–Trinajstić information content (AvgIpc) is 2.76. The highest BCUT2D eigenvalue weighted by Crippen LogP contribution is 2.49. The second-order valence-corrected chi connectivity index (χ2v) is 11.7.